The third-order valence-corrected chi connectivity index (χ3v) is 7.66. The summed E-state index contributed by atoms with van der Waals surface area (Å²) in [6, 6.07) is 15.0. The molecule has 7 nitrogen and oxygen atoms in total. The summed E-state index contributed by atoms with van der Waals surface area (Å²) >= 11 is 0. The van der Waals surface area contributed by atoms with E-state index >= 15 is 0 Å². The van der Waals surface area contributed by atoms with E-state index in [2.05, 4.69) is 72.4 Å². The Labute approximate surface area is 227 Å². The lowest BCUT2D eigenvalue weighted by atomic mass is 9.82. The van der Waals surface area contributed by atoms with Crippen LogP contribution in [-0.2, 0) is 35.6 Å². The van der Waals surface area contributed by atoms with Crippen LogP contribution in [0, 0.1) is 12.8 Å². The SMILES string of the molecule is CCOC(=O)C(C)C(CCc1cn(CC)nn1)c1ccc(C)c(CN2Cc3ccccc3O[C@H](CC)C2)c1. The Morgan fingerprint density at radius 2 is 2.00 bits per heavy atom. The van der Waals surface area contributed by atoms with Crippen molar-refractivity contribution in [2.24, 2.45) is 5.92 Å². The van der Waals surface area contributed by atoms with Gasteiger partial charge in [-0.2, -0.15) is 0 Å². The number of esters is 1. The van der Waals surface area contributed by atoms with Gasteiger partial charge in [0.25, 0.3) is 0 Å². The highest BCUT2D eigenvalue weighted by molar-refractivity contribution is 5.73. The van der Waals surface area contributed by atoms with Crippen molar-refractivity contribution in [3.63, 3.8) is 0 Å². The Balaban J connectivity index is 1.58. The van der Waals surface area contributed by atoms with Gasteiger partial charge in [0.05, 0.1) is 18.2 Å². The summed E-state index contributed by atoms with van der Waals surface area (Å²) in [4.78, 5) is 15.3. The second-order valence-corrected chi connectivity index (χ2v) is 10.4. The summed E-state index contributed by atoms with van der Waals surface area (Å²) in [6.45, 7) is 14.0. The van der Waals surface area contributed by atoms with Crippen LogP contribution in [0.3, 0.4) is 0 Å². The molecule has 2 heterocycles. The molecular formula is C31H42N4O3. The average Bonchev–Trinajstić information content (AvgIpc) is 3.30. The molecule has 2 aromatic carbocycles. The number of carbonyl (C=O) groups is 1. The van der Waals surface area contributed by atoms with Crippen molar-refractivity contribution < 1.29 is 14.3 Å². The Morgan fingerprint density at radius 3 is 2.74 bits per heavy atom. The van der Waals surface area contributed by atoms with E-state index < -0.39 is 0 Å². The third kappa shape index (κ3) is 6.81. The predicted octanol–water partition coefficient (Wildman–Crippen LogP) is 5.70. The Morgan fingerprint density at radius 1 is 1.18 bits per heavy atom. The average molecular weight is 519 g/mol. The van der Waals surface area contributed by atoms with Crippen LogP contribution in [0.1, 0.15) is 74.4 Å². The fraction of sp³-hybridized carbons (Fsp3) is 0.516. The second kappa shape index (κ2) is 13.1. The fourth-order valence-corrected chi connectivity index (χ4v) is 5.28. The zero-order chi connectivity index (χ0) is 27.1. The minimum absolute atomic E-state index is 0.0248. The van der Waals surface area contributed by atoms with Crippen molar-refractivity contribution in [3.8, 4) is 5.75 Å². The van der Waals surface area contributed by atoms with Crippen molar-refractivity contribution >= 4 is 5.97 Å². The molecule has 38 heavy (non-hydrogen) atoms. The number of hydrogen-bond donors (Lipinski definition) is 0. The largest absolute Gasteiger partial charge is 0.489 e. The van der Waals surface area contributed by atoms with Crippen LogP contribution in [0.2, 0.25) is 0 Å². The maximum absolute atomic E-state index is 12.8. The maximum atomic E-state index is 12.8. The van der Waals surface area contributed by atoms with Gasteiger partial charge in [-0.1, -0.05) is 55.5 Å². The zero-order valence-electron chi connectivity index (χ0n) is 23.5. The number of carbonyl (C=O) groups excluding carboxylic acids is 1. The van der Waals surface area contributed by atoms with Crippen LogP contribution >= 0.6 is 0 Å². The summed E-state index contributed by atoms with van der Waals surface area (Å²) in [5.74, 6) is 0.617. The van der Waals surface area contributed by atoms with E-state index in [1.54, 1.807) is 0 Å². The summed E-state index contributed by atoms with van der Waals surface area (Å²) in [7, 11) is 0. The first-order chi connectivity index (χ1) is 18.4. The number of nitrogens with zero attached hydrogens (tertiary/aromatic N) is 4. The number of benzene rings is 2. The van der Waals surface area contributed by atoms with Crippen molar-refractivity contribution in [3.05, 3.63) is 76.6 Å². The van der Waals surface area contributed by atoms with Gasteiger partial charge in [-0.3, -0.25) is 14.4 Å². The van der Waals surface area contributed by atoms with Gasteiger partial charge < -0.3 is 9.47 Å². The van der Waals surface area contributed by atoms with Gasteiger partial charge in [0.15, 0.2) is 0 Å². The van der Waals surface area contributed by atoms with Crippen LogP contribution in [0.5, 0.6) is 5.75 Å². The Hall–Kier alpha value is -3.19. The first-order valence-electron chi connectivity index (χ1n) is 14.0. The van der Waals surface area contributed by atoms with Gasteiger partial charge in [0.2, 0.25) is 0 Å². The van der Waals surface area contributed by atoms with E-state index in [1.165, 1.54) is 22.3 Å². The minimum Gasteiger partial charge on any atom is -0.489 e. The lowest BCUT2D eigenvalue weighted by Gasteiger charge is -2.26. The third-order valence-electron chi connectivity index (χ3n) is 7.66. The molecule has 1 aliphatic heterocycles. The molecule has 0 radical (unpaired) electrons. The van der Waals surface area contributed by atoms with Gasteiger partial charge in [-0.05, 0) is 68.7 Å². The van der Waals surface area contributed by atoms with E-state index in [9.17, 15) is 4.79 Å². The maximum Gasteiger partial charge on any atom is 0.309 e. The molecule has 0 spiro atoms. The molecule has 0 fully saturated rings. The molecule has 1 aliphatic rings. The predicted molar refractivity (Wildman–Crippen MR) is 149 cm³/mol. The smallest absolute Gasteiger partial charge is 0.309 e. The van der Waals surface area contributed by atoms with Crippen molar-refractivity contribution in [2.45, 2.75) is 85.5 Å². The first kappa shape index (κ1) is 27.8. The number of hydrogen-bond acceptors (Lipinski definition) is 6. The molecule has 3 aromatic rings. The number of rotatable bonds is 11. The molecule has 0 saturated heterocycles. The monoisotopic (exact) mass is 518 g/mol. The number of aromatic nitrogens is 3. The topological polar surface area (TPSA) is 69.5 Å². The highest BCUT2D eigenvalue weighted by Crippen LogP contribution is 2.33. The molecule has 3 atom stereocenters. The van der Waals surface area contributed by atoms with Gasteiger partial charge in [0, 0.05) is 37.9 Å². The molecular weight excluding hydrogens is 476 g/mol. The minimum atomic E-state index is -0.255. The first-order valence-corrected chi connectivity index (χ1v) is 14.0. The molecule has 204 valence electrons. The quantitative estimate of drug-likeness (QED) is 0.304. The van der Waals surface area contributed by atoms with Crippen molar-refractivity contribution in [2.75, 3.05) is 13.2 Å². The Bertz CT molecular complexity index is 1210. The molecule has 0 bridgehead atoms. The standard InChI is InChI=1S/C31H42N4O3/c1-6-28-21-34(18-25-11-9-10-12-30(25)38-28)19-26-17-24(14-13-22(26)4)29(23(5)31(36)37-8-3)16-15-27-20-35(7-2)33-32-27/h9-14,17,20,23,28-29H,6-8,15-16,18-19,21H2,1-5H3/t23?,28-,29?/m1/s1. The van der Waals surface area contributed by atoms with E-state index in [4.69, 9.17) is 9.47 Å². The van der Waals surface area contributed by atoms with E-state index in [0.717, 1.165) is 56.9 Å². The van der Waals surface area contributed by atoms with E-state index in [-0.39, 0.29) is 23.9 Å². The summed E-state index contributed by atoms with van der Waals surface area (Å²) < 4.78 is 13.6. The van der Waals surface area contributed by atoms with Gasteiger partial charge >= 0.3 is 5.97 Å². The molecule has 2 unspecified atom stereocenters. The van der Waals surface area contributed by atoms with Crippen molar-refractivity contribution in [1.82, 2.24) is 19.9 Å². The van der Waals surface area contributed by atoms with E-state index in [1.807, 2.05) is 30.8 Å². The Kier molecular flexibility index (Phi) is 9.56. The number of para-hydroxylation sites is 1. The molecule has 0 saturated carbocycles. The molecule has 7 heteroatoms. The molecule has 0 N–H and O–H groups in total. The van der Waals surface area contributed by atoms with Gasteiger partial charge in [-0.15, -0.1) is 5.10 Å². The summed E-state index contributed by atoms with van der Waals surface area (Å²) in [6.07, 6.45) is 4.68. The van der Waals surface area contributed by atoms with Crippen LogP contribution < -0.4 is 4.74 Å². The fourth-order valence-electron chi connectivity index (χ4n) is 5.28. The number of aryl methyl sites for hydroxylation is 3. The lowest BCUT2D eigenvalue weighted by Crippen LogP contribution is -2.32. The molecule has 0 amide bonds. The van der Waals surface area contributed by atoms with Gasteiger partial charge in [-0.25, -0.2) is 0 Å². The molecule has 4 rings (SSSR count). The highest BCUT2D eigenvalue weighted by Gasteiger charge is 2.28. The summed E-state index contributed by atoms with van der Waals surface area (Å²) in [5, 5.41) is 8.50. The van der Waals surface area contributed by atoms with Crippen molar-refractivity contribution in [1.29, 1.82) is 0 Å². The van der Waals surface area contributed by atoms with Gasteiger partial charge in [0.1, 0.15) is 11.9 Å². The summed E-state index contributed by atoms with van der Waals surface area (Å²) in [5.41, 5.74) is 5.90. The van der Waals surface area contributed by atoms with E-state index in [0.29, 0.717) is 6.61 Å². The van der Waals surface area contributed by atoms with Crippen LogP contribution in [0.15, 0.2) is 48.7 Å². The normalized spacial score (nSPS) is 17.2. The van der Waals surface area contributed by atoms with Crippen LogP contribution in [0.25, 0.3) is 0 Å². The number of ether oxygens (including phenoxy) is 2. The second-order valence-electron chi connectivity index (χ2n) is 10.4. The molecule has 1 aromatic heterocycles. The highest BCUT2D eigenvalue weighted by atomic mass is 16.5. The zero-order valence-corrected chi connectivity index (χ0v) is 23.5. The van der Waals surface area contributed by atoms with Crippen LogP contribution in [0.4, 0.5) is 0 Å². The lowest BCUT2D eigenvalue weighted by molar-refractivity contribution is -0.148. The number of fused-ring (bicyclic) bond motifs is 1. The van der Waals surface area contributed by atoms with Crippen LogP contribution in [-0.4, -0.2) is 45.1 Å². The molecule has 0 aliphatic carbocycles.